The van der Waals surface area contributed by atoms with Crippen LogP contribution in [0.5, 0.6) is 0 Å². The average Bonchev–Trinajstić information content (AvgIpc) is 2.71. The van der Waals surface area contributed by atoms with Gasteiger partial charge in [0.25, 0.3) is 0 Å². The van der Waals surface area contributed by atoms with Crippen LogP contribution in [-0.2, 0) is 0 Å². The van der Waals surface area contributed by atoms with Gasteiger partial charge in [-0.1, -0.05) is 10.6 Å². The SMILES string of the molecule is CNC(c1ccc(F)c(F)c1)c1snnc1C. The first-order chi connectivity index (χ1) is 8.13. The molecule has 0 aliphatic carbocycles. The molecule has 1 aromatic carbocycles. The quantitative estimate of drug-likeness (QED) is 0.915. The predicted octanol–water partition coefficient (Wildman–Crippen LogP) is 2.43. The summed E-state index contributed by atoms with van der Waals surface area (Å²) in [7, 11) is 1.76. The molecule has 0 saturated carbocycles. The number of nitrogens with one attached hydrogen (secondary N) is 1. The first-order valence-corrected chi connectivity index (χ1v) is 5.82. The third-order valence-electron chi connectivity index (χ3n) is 2.51. The molecule has 2 aromatic rings. The zero-order valence-electron chi connectivity index (χ0n) is 9.37. The molecule has 0 amide bonds. The Morgan fingerprint density at radius 2 is 2.06 bits per heavy atom. The van der Waals surface area contributed by atoms with Crippen molar-refractivity contribution in [2.45, 2.75) is 13.0 Å². The molecule has 17 heavy (non-hydrogen) atoms. The van der Waals surface area contributed by atoms with E-state index in [9.17, 15) is 8.78 Å². The van der Waals surface area contributed by atoms with Crippen molar-refractivity contribution in [1.29, 1.82) is 0 Å². The molecule has 0 fully saturated rings. The number of hydrogen-bond acceptors (Lipinski definition) is 4. The third-order valence-corrected chi connectivity index (χ3v) is 3.41. The van der Waals surface area contributed by atoms with Crippen LogP contribution in [0.15, 0.2) is 18.2 Å². The van der Waals surface area contributed by atoms with E-state index in [1.807, 2.05) is 6.92 Å². The molecule has 1 heterocycles. The minimum absolute atomic E-state index is 0.218. The summed E-state index contributed by atoms with van der Waals surface area (Å²) in [6.07, 6.45) is 0. The molecule has 1 aromatic heterocycles. The van der Waals surface area contributed by atoms with Crippen molar-refractivity contribution in [3.8, 4) is 0 Å². The van der Waals surface area contributed by atoms with Gasteiger partial charge in [0, 0.05) is 0 Å². The fourth-order valence-corrected chi connectivity index (χ4v) is 2.43. The van der Waals surface area contributed by atoms with E-state index in [2.05, 4.69) is 14.9 Å². The van der Waals surface area contributed by atoms with Crippen LogP contribution in [0.4, 0.5) is 8.78 Å². The summed E-state index contributed by atoms with van der Waals surface area (Å²) in [5, 5.41) is 6.96. The van der Waals surface area contributed by atoms with Crippen LogP contribution in [0, 0.1) is 18.6 Å². The van der Waals surface area contributed by atoms with Crippen LogP contribution in [0.1, 0.15) is 22.2 Å². The largest absolute Gasteiger partial charge is 0.309 e. The molecule has 1 N–H and O–H groups in total. The van der Waals surface area contributed by atoms with Crippen molar-refractivity contribution >= 4 is 11.5 Å². The van der Waals surface area contributed by atoms with Gasteiger partial charge in [0.2, 0.25) is 0 Å². The van der Waals surface area contributed by atoms with Crippen molar-refractivity contribution in [3.05, 3.63) is 46.0 Å². The summed E-state index contributed by atoms with van der Waals surface area (Å²) < 4.78 is 29.9. The van der Waals surface area contributed by atoms with Gasteiger partial charge >= 0.3 is 0 Å². The molecule has 0 bridgehead atoms. The second-order valence-electron chi connectivity index (χ2n) is 3.62. The molecule has 3 nitrogen and oxygen atoms in total. The van der Waals surface area contributed by atoms with Gasteiger partial charge in [0.15, 0.2) is 11.6 Å². The molecule has 0 radical (unpaired) electrons. The highest BCUT2D eigenvalue weighted by molar-refractivity contribution is 7.05. The predicted molar refractivity (Wildman–Crippen MR) is 61.9 cm³/mol. The fourth-order valence-electron chi connectivity index (χ4n) is 1.64. The Labute approximate surface area is 102 Å². The van der Waals surface area contributed by atoms with Crippen LogP contribution < -0.4 is 5.32 Å². The van der Waals surface area contributed by atoms with E-state index in [0.717, 1.165) is 16.6 Å². The summed E-state index contributed by atoms with van der Waals surface area (Å²) in [5.41, 5.74) is 1.44. The lowest BCUT2D eigenvalue weighted by molar-refractivity contribution is 0.505. The highest BCUT2D eigenvalue weighted by Gasteiger charge is 2.18. The van der Waals surface area contributed by atoms with Gasteiger partial charge in [-0.3, -0.25) is 0 Å². The maximum absolute atomic E-state index is 13.2. The molecule has 2 rings (SSSR count). The zero-order chi connectivity index (χ0) is 12.4. The minimum atomic E-state index is -0.849. The van der Waals surface area contributed by atoms with Gasteiger partial charge in [-0.25, -0.2) is 8.78 Å². The lowest BCUT2D eigenvalue weighted by Crippen LogP contribution is -2.17. The van der Waals surface area contributed by atoms with Crippen LogP contribution in [0.2, 0.25) is 0 Å². The highest BCUT2D eigenvalue weighted by atomic mass is 32.1. The number of nitrogens with zero attached hydrogens (tertiary/aromatic N) is 2. The van der Waals surface area contributed by atoms with Gasteiger partial charge in [-0.05, 0) is 43.2 Å². The number of aromatic nitrogens is 2. The summed E-state index contributed by atoms with van der Waals surface area (Å²) in [6.45, 7) is 1.84. The normalized spacial score (nSPS) is 12.7. The second-order valence-corrected chi connectivity index (χ2v) is 4.40. The number of benzene rings is 1. The van der Waals surface area contributed by atoms with Crippen molar-refractivity contribution in [1.82, 2.24) is 14.9 Å². The van der Waals surface area contributed by atoms with E-state index in [1.54, 1.807) is 13.1 Å². The Morgan fingerprint density at radius 3 is 2.59 bits per heavy atom. The number of aryl methyl sites for hydroxylation is 1. The first-order valence-electron chi connectivity index (χ1n) is 5.04. The Bertz CT molecular complexity index is 527. The number of hydrogen-bond donors (Lipinski definition) is 1. The fraction of sp³-hybridized carbons (Fsp3) is 0.273. The van der Waals surface area contributed by atoms with Gasteiger partial charge in [-0.15, -0.1) is 5.10 Å². The Hall–Kier alpha value is -1.40. The van der Waals surface area contributed by atoms with Crippen LogP contribution in [-0.4, -0.2) is 16.6 Å². The molecule has 1 unspecified atom stereocenters. The lowest BCUT2D eigenvalue weighted by atomic mass is 10.0. The Balaban J connectivity index is 2.42. The van der Waals surface area contributed by atoms with E-state index in [4.69, 9.17) is 0 Å². The van der Waals surface area contributed by atoms with E-state index < -0.39 is 11.6 Å². The number of rotatable bonds is 3. The average molecular weight is 255 g/mol. The summed E-state index contributed by atoms with van der Waals surface area (Å²) in [5.74, 6) is -1.69. The van der Waals surface area contributed by atoms with Crippen molar-refractivity contribution in [2.24, 2.45) is 0 Å². The van der Waals surface area contributed by atoms with Crippen LogP contribution in [0.3, 0.4) is 0 Å². The molecular weight excluding hydrogens is 244 g/mol. The topological polar surface area (TPSA) is 37.8 Å². The Kier molecular flexibility index (Phi) is 3.44. The Morgan fingerprint density at radius 1 is 1.29 bits per heavy atom. The highest BCUT2D eigenvalue weighted by Crippen LogP contribution is 2.27. The molecular formula is C11H11F2N3S. The smallest absolute Gasteiger partial charge is 0.159 e. The summed E-state index contributed by atoms with van der Waals surface area (Å²) in [4.78, 5) is 0.901. The first kappa shape index (κ1) is 12.1. The third kappa shape index (κ3) is 2.32. The van der Waals surface area contributed by atoms with E-state index in [-0.39, 0.29) is 6.04 Å². The summed E-state index contributed by atoms with van der Waals surface area (Å²) >= 11 is 1.25. The second kappa shape index (κ2) is 4.85. The van der Waals surface area contributed by atoms with Crippen molar-refractivity contribution < 1.29 is 8.78 Å². The standard InChI is InChI=1S/C11H11F2N3S/c1-6-11(17-16-15-6)10(14-2)7-3-4-8(12)9(13)5-7/h3-5,10,14H,1-2H3. The van der Waals surface area contributed by atoms with Crippen LogP contribution in [0.25, 0.3) is 0 Å². The maximum Gasteiger partial charge on any atom is 0.159 e. The molecule has 1 atom stereocenters. The van der Waals surface area contributed by atoms with Gasteiger partial charge < -0.3 is 5.32 Å². The molecule has 0 spiro atoms. The van der Waals surface area contributed by atoms with E-state index in [0.29, 0.717) is 5.56 Å². The molecule has 0 saturated heterocycles. The van der Waals surface area contributed by atoms with Gasteiger partial charge in [0.05, 0.1) is 16.6 Å². The van der Waals surface area contributed by atoms with Crippen LogP contribution >= 0.6 is 11.5 Å². The maximum atomic E-state index is 13.2. The van der Waals surface area contributed by atoms with Crippen molar-refractivity contribution in [3.63, 3.8) is 0 Å². The molecule has 0 aliphatic rings. The molecule has 90 valence electrons. The minimum Gasteiger partial charge on any atom is -0.309 e. The van der Waals surface area contributed by atoms with Gasteiger partial charge in [-0.2, -0.15) is 0 Å². The van der Waals surface area contributed by atoms with E-state index >= 15 is 0 Å². The molecule has 6 heteroatoms. The summed E-state index contributed by atoms with van der Waals surface area (Å²) in [6, 6.07) is 3.65. The monoisotopic (exact) mass is 255 g/mol. The zero-order valence-corrected chi connectivity index (χ0v) is 10.2. The molecule has 0 aliphatic heterocycles. The van der Waals surface area contributed by atoms with Gasteiger partial charge in [0.1, 0.15) is 0 Å². The number of halogens is 2. The lowest BCUT2D eigenvalue weighted by Gasteiger charge is -2.15. The van der Waals surface area contributed by atoms with Crippen molar-refractivity contribution in [2.75, 3.05) is 7.05 Å². The van der Waals surface area contributed by atoms with E-state index in [1.165, 1.54) is 17.6 Å².